The third-order valence-corrected chi connectivity index (χ3v) is 6.66. The van der Waals surface area contributed by atoms with Crippen molar-refractivity contribution in [3.05, 3.63) is 47.2 Å². The maximum atomic E-state index is 13.2. The van der Waals surface area contributed by atoms with Gasteiger partial charge in [-0.25, -0.2) is 0 Å². The molecule has 1 atom stereocenters. The van der Waals surface area contributed by atoms with Crippen LogP contribution in [0.25, 0.3) is 0 Å². The minimum absolute atomic E-state index is 0.0894. The Hall–Kier alpha value is -3.01. The summed E-state index contributed by atoms with van der Waals surface area (Å²) in [6.45, 7) is 6.11. The summed E-state index contributed by atoms with van der Waals surface area (Å²) in [5, 5.41) is 12.4. The summed E-state index contributed by atoms with van der Waals surface area (Å²) in [7, 11) is 0. The first kappa shape index (κ1) is 20.9. The minimum atomic E-state index is -0.184. The smallest absolute Gasteiger partial charge is 0.276 e. The number of piperidine rings is 1. The van der Waals surface area contributed by atoms with E-state index in [1.165, 1.54) is 0 Å². The van der Waals surface area contributed by atoms with Crippen molar-refractivity contribution in [2.75, 3.05) is 19.7 Å². The fourth-order valence-corrected chi connectivity index (χ4v) is 4.90. The number of aryl methyl sites for hydroxylation is 2. The second-order valence-electron chi connectivity index (χ2n) is 8.89. The number of amides is 1. The maximum absolute atomic E-state index is 13.2. The van der Waals surface area contributed by atoms with Crippen LogP contribution in [0.2, 0.25) is 0 Å². The Labute approximate surface area is 185 Å². The molecule has 0 aromatic carbocycles. The minimum Gasteiger partial charge on any atom is -0.375 e. The molecule has 0 aliphatic carbocycles. The summed E-state index contributed by atoms with van der Waals surface area (Å²) >= 11 is 0. The molecular formula is C22H28N6O4. The largest absolute Gasteiger partial charge is 0.375 e. The fraction of sp³-hybridized carbons (Fsp3) is 0.591. The van der Waals surface area contributed by atoms with Gasteiger partial charge in [0, 0.05) is 51.0 Å². The van der Waals surface area contributed by atoms with Crippen LogP contribution in [-0.2, 0) is 17.7 Å². The molecule has 2 aliphatic rings. The lowest BCUT2D eigenvalue weighted by molar-refractivity contribution is -0.123. The Morgan fingerprint density at radius 1 is 1.22 bits per heavy atom. The van der Waals surface area contributed by atoms with Crippen molar-refractivity contribution in [3.8, 4) is 0 Å². The van der Waals surface area contributed by atoms with Crippen molar-refractivity contribution in [1.29, 1.82) is 0 Å². The van der Waals surface area contributed by atoms with Gasteiger partial charge in [0.25, 0.3) is 5.91 Å². The Kier molecular flexibility index (Phi) is 5.54. The molecule has 1 unspecified atom stereocenters. The van der Waals surface area contributed by atoms with Crippen molar-refractivity contribution in [1.82, 2.24) is 30.0 Å². The van der Waals surface area contributed by atoms with Crippen molar-refractivity contribution in [3.63, 3.8) is 0 Å². The van der Waals surface area contributed by atoms with Crippen LogP contribution in [0.1, 0.15) is 59.2 Å². The molecule has 1 spiro atoms. The van der Waals surface area contributed by atoms with E-state index in [1.54, 1.807) is 10.9 Å². The molecule has 2 saturated heterocycles. The van der Waals surface area contributed by atoms with Crippen molar-refractivity contribution >= 4 is 5.91 Å². The van der Waals surface area contributed by atoms with Crippen LogP contribution in [0.4, 0.5) is 0 Å². The van der Waals surface area contributed by atoms with Crippen LogP contribution in [-0.4, -0.2) is 61.2 Å². The van der Waals surface area contributed by atoms with Crippen LogP contribution < -0.4 is 0 Å². The molecule has 2 fully saturated rings. The van der Waals surface area contributed by atoms with Gasteiger partial charge in [0.1, 0.15) is 5.76 Å². The highest BCUT2D eigenvalue weighted by molar-refractivity contribution is 5.93. The zero-order valence-electron chi connectivity index (χ0n) is 18.5. The van der Waals surface area contributed by atoms with Gasteiger partial charge in [0.15, 0.2) is 11.5 Å². The molecule has 3 aromatic rings. The average molecular weight is 441 g/mol. The number of likely N-dealkylation sites (tertiary alicyclic amines) is 1. The highest BCUT2D eigenvalue weighted by atomic mass is 16.5. The van der Waals surface area contributed by atoms with Gasteiger partial charge in [-0.1, -0.05) is 10.3 Å². The fourth-order valence-electron chi connectivity index (χ4n) is 4.90. The quantitative estimate of drug-likeness (QED) is 0.595. The van der Waals surface area contributed by atoms with Gasteiger partial charge in [-0.3, -0.25) is 9.48 Å². The molecule has 10 nitrogen and oxygen atoms in total. The number of hydrogen-bond acceptors (Lipinski definition) is 8. The molecule has 2 aliphatic heterocycles. The lowest BCUT2D eigenvalue weighted by Gasteiger charge is -2.46. The van der Waals surface area contributed by atoms with Crippen LogP contribution in [0, 0.1) is 19.8 Å². The number of hydrogen-bond donors (Lipinski definition) is 0. The van der Waals surface area contributed by atoms with E-state index in [0.717, 1.165) is 50.1 Å². The van der Waals surface area contributed by atoms with E-state index in [1.807, 2.05) is 31.0 Å². The molecule has 0 saturated carbocycles. The number of carbonyl (C=O) groups excluding carboxylic acids is 1. The highest BCUT2D eigenvalue weighted by Crippen LogP contribution is 2.39. The van der Waals surface area contributed by atoms with Crippen LogP contribution in [0.15, 0.2) is 27.5 Å². The summed E-state index contributed by atoms with van der Waals surface area (Å²) in [5.74, 6) is 2.38. The summed E-state index contributed by atoms with van der Waals surface area (Å²) in [6.07, 6.45) is 7.95. The van der Waals surface area contributed by atoms with Crippen LogP contribution >= 0.6 is 0 Å². The van der Waals surface area contributed by atoms with E-state index in [0.29, 0.717) is 42.9 Å². The zero-order chi connectivity index (χ0) is 22.1. The number of aromatic nitrogens is 5. The van der Waals surface area contributed by atoms with E-state index in [-0.39, 0.29) is 11.5 Å². The molecule has 170 valence electrons. The SMILES string of the molecule is Cc1nc(CC2CCOC3(CCN(C(=O)c4noc(C)c4Cn4cccn4)CC3)C2)no1. The van der Waals surface area contributed by atoms with Gasteiger partial charge >= 0.3 is 0 Å². The van der Waals surface area contributed by atoms with E-state index in [9.17, 15) is 4.79 Å². The van der Waals surface area contributed by atoms with Crippen molar-refractivity contribution in [2.24, 2.45) is 5.92 Å². The molecule has 5 rings (SSSR count). The molecule has 10 heteroatoms. The monoisotopic (exact) mass is 440 g/mol. The number of carbonyl (C=O) groups is 1. The van der Waals surface area contributed by atoms with Crippen molar-refractivity contribution < 1.29 is 18.6 Å². The summed E-state index contributed by atoms with van der Waals surface area (Å²) in [5.41, 5.74) is 0.975. The molecule has 3 aromatic heterocycles. The summed E-state index contributed by atoms with van der Waals surface area (Å²) in [6, 6.07) is 1.85. The first-order valence-electron chi connectivity index (χ1n) is 11.2. The normalized spacial score (nSPS) is 20.7. The lowest BCUT2D eigenvalue weighted by atomic mass is 9.78. The van der Waals surface area contributed by atoms with Gasteiger partial charge in [0.05, 0.1) is 12.1 Å². The topological polar surface area (TPSA) is 112 Å². The van der Waals surface area contributed by atoms with Gasteiger partial charge in [0.2, 0.25) is 5.89 Å². The first-order valence-corrected chi connectivity index (χ1v) is 11.2. The average Bonchev–Trinajstić information content (AvgIpc) is 3.52. The predicted molar refractivity (Wildman–Crippen MR) is 112 cm³/mol. The van der Waals surface area contributed by atoms with E-state index in [4.69, 9.17) is 13.8 Å². The third kappa shape index (κ3) is 4.19. The molecule has 0 bridgehead atoms. The predicted octanol–water partition coefficient (Wildman–Crippen LogP) is 2.56. The summed E-state index contributed by atoms with van der Waals surface area (Å²) < 4.78 is 18.5. The van der Waals surface area contributed by atoms with Gasteiger partial charge in [-0.15, -0.1) is 0 Å². The summed E-state index contributed by atoms with van der Waals surface area (Å²) in [4.78, 5) is 19.5. The van der Waals surface area contributed by atoms with E-state index >= 15 is 0 Å². The standard InChI is InChI=1S/C22H28N6O4/c1-15-18(14-28-8-3-7-23-28)20(26-31-15)21(29)27-9-5-22(6-10-27)13-17(4-11-30-22)12-19-24-16(2)32-25-19/h3,7-8,17H,4-6,9-14H2,1-2H3. The number of rotatable bonds is 5. The molecule has 1 amide bonds. The number of ether oxygens (including phenoxy) is 1. The van der Waals surface area contributed by atoms with Gasteiger partial charge in [-0.05, 0) is 44.6 Å². The Balaban J connectivity index is 1.22. The zero-order valence-corrected chi connectivity index (χ0v) is 18.5. The van der Waals surface area contributed by atoms with Crippen LogP contribution in [0.5, 0.6) is 0 Å². The van der Waals surface area contributed by atoms with E-state index in [2.05, 4.69) is 20.4 Å². The molecule has 32 heavy (non-hydrogen) atoms. The number of nitrogens with zero attached hydrogens (tertiary/aromatic N) is 6. The van der Waals surface area contributed by atoms with Crippen molar-refractivity contribution in [2.45, 2.75) is 58.1 Å². The molecular weight excluding hydrogens is 412 g/mol. The Morgan fingerprint density at radius 3 is 2.78 bits per heavy atom. The third-order valence-electron chi connectivity index (χ3n) is 6.66. The molecule has 5 heterocycles. The van der Waals surface area contributed by atoms with Gasteiger partial charge in [-0.2, -0.15) is 10.1 Å². The molecule has 0 radical (unpaired) electrons. The Morgan fingerprint density at radius 2 is 2.06 bits per heavy atom. The Bertz CT molecular complexity index is 1060. The molecule has 0 N–H and O–H groups in total. The second kappa shape index (κ2) is 8.50. The lowest BCUT2D eigenvalue weighted by Crippen LogP contribution is -2.51. The first-order chi connectivity index (χ1) is 15.5. The highest BCUT2D eigenvalue weighted by Gasteiger charge is 2.42. The van der Waals surface area contributed by atoms with Crippen LogP contribution in [0.3, 0.4) is 0 Å². The van der Waals surface area contributed by atoms with E-state index < -0.39 is 0 Å². The van der Waals surface area contributed by atoms with Gasteiger partial charge < -0.3 is 18.7 Å². The second-order valence-corrected chi connectivity index (χ2v) is 8.89. The maximum Gasteiger partial charge on any atom is 0.276 e.